The number of hydrogen-bond donors (Lipinski definition) is 1. The van der Waals surface area contributed by atoms with Gasteiger partial charge in [0.1, 0.15) is 11.4 Å². The molecule has 0 fully saturated rings. The molecule has 0 aliphatic rings. The number of rotatable bonds is 1. The number of aromatic hydroxyl groups is 1. The minimum Gasteiger partial charge on any atom is -0.506 e. The SMILES string of the molecule is N#Cc1ccc(-c2ncccc2O)cc1. The Morgan fingerprint density at radius 1 is 1.13 bits per heavy atom. The molecule has 0 atom stereocenters. The molecule has 3 nitrogen and oxygen atoms in total. The number of nitrogens with zero attached hydrogens (tertiary/aromatic N) is 2. The summed E-state index contributed by atoms with van der Waals surface area (Å²) in [5.74, 6) is 0.141. The second kappa shape index (κ2) is 3.81. The highest BCUT2D eigenvalue weighted by Crippen LogP contribution is 2.25. The monoisotopic (exact) mass is 196 g/mol. The van der Waals surface area contributed by atoms with Gasteiger partial charge >= 0.3 is 0 Å². The third-order valence-electron chi connectivity index (χ3n) is 2.07. The Balaban J connectivity index is 2.47. The quantitative estimate of drug-likeness (QED) is 0.761. The lowest BCUT2D eigenvalue weighted by Gasteiger charge is -2.02. The van der Waals surface area contributed by atoms with Gasteiger partial charge in [-0.3, -0.25) is 4.98 Å². The van der Waals surface area contributed by atoms with Crippen molar-refractivity contribution in [3.05, 3.63) is 48.2 Å². The van der Waals surface area contributed by atoms with Crippen molar-refractivity contribution in [3.8, 4) is 23.1 Å². The lowest BCUT2D eigenvalue weighted by atomic mass is 10.1. The highest BCUT2D eigenvalue weighted by Gasteiger charge is 2.03. The van der Waals surface area contributed by atoms with E-state index >= 15 is 0 Å². The molecule has 3 heteroatoms. The third-order valence-corrected chi connectivity index (χ3v) is 2.07. The largest absolute Gasteiger partial charge is 0.506 e. The molecule has 0 aliphatic heterocycles. The minimum atomic E-state index is 0.141. The van der Waals surface area contributed by atoms with Crippen molar-refractivity contribution >= 4 is 0 Å². The smallest absolute Gasteiger partial charge is 0.141 e. The molecule has 1 aromatic heterocycles. The van der Waals surface area contributed by atoms with Gasteiger partial charge in [-0.05, 0) is 24.3 Å². The Labute approximate surface area is 87.3 Å². The van der Waals surface area contributed by atoms with Crippen LogP contribution in [0.15, 0.2) is 42.6 Å². The highest BCUT2D eigenvalue weighted by molar-refractivity contribution is 5.66. The van der Waals surface area contributed by atoms with Crippen LogP contribution in [-0.2, 0) is 0 Å². The maximum absolute atomic E-state index is 9.56. The molecule has 0 unspecified atom stereocenters. The fourth-order valence-electron chi connectivity index (χ4n) is 1.32. The Kier molecular flexibility index (Phi) is 2.34. The van der Waals surface area contributed by atoms with Crippen LogP contribution in [0.1, 0.15) is 5.56 Å². The van der Waals surface area contributed by atoms with Crippen molar-refractivity contribution in [1.82, 2.24) is 4.98 Å². The Bertz CT molecular complexity index is 512. The molecule has 0 amide bonds. The predicted molar refractivity (Wildman–Crippen MR) is 56.1 cm³/mol. The van der Waals surface area contributed by atoms with Crippen LogP contribution in [-0.4, -0.2) is 10.1 Å². The Morgan fingerprint density at radius 2 is 1.87 bits per heavy atom. The molecule has 1 N–H and O–H groups in total. The number of hydrogen-bond acceptors (Lipinski definition) is 3. The van der Waals surface area contributed by atoms with Crippen LogP contribution in [0.3, 0.4) is 0 Å². The van der Waals surface area contributed by atoms with Gasteiger partial charge in [-0.25, -0.2) is 0 Å². The van der Waals surface area contributed by atoms with Crippen molar-refractivity contribution < 1.29 is 5.11 Å². The Morgan fingerprint density at radius 3 is 2.47 bits per heavy atom. The average Bonchev–Trinajstić information content (AvgIpc) is 2.30. The van der Waals surface area contributed by atoms with E-state index in [0.717, 1.165) is 5.56 Å². The second-order valence-corrected chi connectivity index (χ2v) is 3.06. The maximum Gasteiger partial charge on any atom is 0.141 e. The maximum atomic E-state index is 9.56. The molecule has 0 aliphatic carbocycles. The first kappa shape index (κ1) is 9.22. The van der Waals surface area contributed by atoms with Gasteiger partial charge in [-0.1, -0.05) is 12.1 Å². The molecule has 2 aromatic rings. The summed E-state index contributed by atoms with van der Waals surface area (Å²) in [6, 6.07) is 12.2. The van der Waals surface area contributed by atoms with Crippen LogP contribution in [0.25, 0.3) is 11.3 Å². The van der Waals surface area contributed by atoms with E-state index in [-0.39, 0.29) is 5.75 Å². The summed E-state index contributed by atoms with van der Waals surface area (Å²) in [5.41, 5.74) is 1.92. The van der Waals surface area contributed by atoms with Crippen molar-refractivity contribution in [1.29, 1.82) is 5.26 Å². The van der Waals surface area contributed by atoms with Crippen molar-refractivity contribution in [2.45, 2.75) is 0 Å². The first-order chi connectivity index (χ1) is 7.31. The van der Waals surface area contributed by atoms with E-state index in [9.17, 15) is 5.11 Å². The number of aromatic nitrogens is 1. The van der Waals surface area contributed by atoms with Crippen LogP contribution in [0.2, 0.25) is 0 Å². The van der Waals surface area contributed by atoms with Crippen LogP contribution in [0.4, 0.5) is 0 Å². The van der Waals surface area contributed by atoms with Gasteiger partial charge in [0.15, 0.2) is 0 Å². The normalized spacial score (nSPS) is 9.53. The zero-order valence-corrected chi connectivity index (χ0v) is 7.88. The molecule has 1 aromatic carbocycles. The molecule has 0 spiro atoms. The van der Waals surface area contributed by atoms with Gasteiger partial charge < -0.3 is 5.11 Å². The van der Waals surface area contributed by atoms with Crippen LogP contribution in [0, 0.1) is 11.3 Å². The van der Waals surface area contributed by atoms with E-state index in [0.29, 0.717) is 11.3 Å². The molecule has 0 radical (unpaired) electrons. The molecule has 0 saturated carbocycles. The zero-order valence-electron chi connectivity index (χ0n) is 7.88. The minimum absolute atomic E-state index is 0.141. The third kappa shape index (κ3) is 1.79. The van der Waals surface area contributed by atoms with E-state index in [4.69, 9.17) is 5.26 Å². The summed E-state index contributed by atoms with van der Waals surface area (Å²) in [6.07, 6.45) is 1.62. The molecule has 1 heterocycles. The summed E-state index contributed by atoms with van der Waals surface area (Å²) in [6.45, 7) is 0. The fraction of sp³-hybridized carbons (Fsp3) is 0. The van der Waals surface area contributed by atoms with Gasteiger partial charge in [0, 0.05) is 11.8 Å². The van der Waals surface area contributed by atoms with Gasteiger partial charge in [-0.15, -0.1) is 0 Å². The van der Waals surface area contributed by atoms with Gasteiger partial charge in [0.25, 0.3) is 0 Å². The first-order valence-electron chi connectivity index (χ1n) is 4.46. The molecule has 72 valence electrons. The van der Waals surface area contributed by atoms with Gasteiger partial charge in [-0.2, -0.15) is 5.26 Å². The number of pyridine rings is 1. The number of nitriles is 1. The van der Waals surface area contributed by atoms with Crippen LogP contribution >= 0.6 is 0 Å². The summed E-state index contributed by atoms with van der Waals surface area (Å²) >= 11 is 0. The van der Waals surface area contributed by atoms with E-state index in [2.05, 4.69) is 4.98 Å². The fourth-order valence-corrected chi connectivity index (χ4v) is 1.32. The van der Waals surface area contributed by atoms with Crippen molar-refractivity contribution in [2.24, 2.45) is 0 Å². The van der Waals surface area contributed by atoms with Gasteiger partial charge in [0.2, 0.25) is 0 Å². The zero-order chi connectivity index (χ0) is 10.7. The van der Waals surface area contributed by atoms with Gasteiger partial charge in [0.05, 0.1) is 11.6 Å². The van der Waals surface area contributed by atoms with Crippen molar-refractivity contribution in [2.75, 3.05) is 0 Å². The predicted octanol–water partition coefficient (Wildman–Crippen LogP) is 2.33. The summed E-state index contributed by atoms with van der Waals surface area (Å²) in [4.78, 5) is 4.07. The summed E-state index contributed by atoms with van der Waals surface area (Å²) < 4.78 is 0. The second-order valence-electron chi connectivity index (χ2n) is 3.06. The van der Waals surface area contributed by atoms with E-state index in [1.807, 2.05) is 6.07 Å². The number of benzene rings is 1. The summed E-state index contributed by atoms with van der Waals surface area (Å²) in [5, 5.41) is 18.2. The first-order valence-corrected chi connectivity index (χ1v) is 4.46. The molecule has 0 bridgehead atoms. The van der Waals surface area contributed by atoms with E-state index in [1.165, 1.54) is 0 Å². The van der Waals surface area contributed by atoms with Crippen LogP contribution < -0.4 is 0 Å². The lowest BCUT2D eigenvalue weighted by molar-refractivity contribution is 0.475. The van der Waals surface area contributed by atoms with E-state index in [1.54, 1.807) is 42.6 Å². The molecule has 15 heavy (non-hydrogen) atoms. The summed E-state index contributed by atoms with van der Waals surface area (Å²) in [7, 11) is 0. The lowest BCUT2D eigenvalue weighted by Crippen LogP contribution is -1.83. The molecular formula is C12H8N2O. The van der Waals surface area contributed by atoms with E-state index < -0.39 is 0 Å². The average molecular weight is 196 g/mol. The molecular weight excluding hydrogens is 188 g/mol. The highest BCUT2D eigenvalue weighted by atomic mass is 16.3. The molecule has 2 rings (SSSR count). The topological polar surface area (TPSA) is 56.9 Å². The Hall–Kier alpha value is -2.34. The van der Waals surface area contributed by atoms with Crippen molar-refractivity contribution in [3.63, 3.8) is 0 Å². The van der Waals surface area contributed by atoms with Crippen LogP contribution in [0.5, 0.6) is 5.75 Å². The standard InChI is InChI=1S/C12H8N2O/c13-8-9-3-5-10(6-4-9)12-11(15)2-1-7-14-12/h1-7,15H. The molecule has 0 saturated heterocycles.